The maximum atomic E-state index is 12.6. The van der Waals surface area contributed by atoms with Crippen LogP contribution in [-0.4, -0.2) is 26.4 Å². The molecule has 0 spiro atoms. The van der Waals surface area contributed by atoms with Crippen LogP contribution in [-0.2, 0) is 17.2 Å². The average Bonchev–Trinajstić information content (AvgIpc) is 2.46. The zero-order valence-electron chi connectivity index (χ0n) is 10.7. The SMILES string of the molecule is O=C(O)c1cc(C(=O)O)c2c(c1)S(=O)c1ccccc1C2. The Labute approximate surface area is 122 Å². The van der Waals surface area contributed by atoms with Crippen molar-refractivity contribution in [2.45, 2.75) is 16.2 Å². The molecule has 1 atom stereocenters. The smallest absolute Gasteiger partial charge is 0.336 e. The lowest BCUT2D eigenvalue weighted by Gasteiger charge is -2.21. The van der Waals surface area contributed by atoms with E-state index in [2.05, 4.69) is 0 Å². The van der Waals surface area contributed by atoms with Gasteiger partial charge in [-0.25, -0.2) is 13.8 Å². The lowest BCUT2D eigenvalue weighted by atomic mass is 9.97. The van der Waals surface area contributed by atoms with Crippen LogP contribution in [0.5, 0.6) is 0 Å². The molecule has 0 saturated carbocycles. The Kier molecular flexibility index (Phi) is 3.10. The fourth-order valence-electron chi connectivity index (χ4n) is 2.45. The van der Waals surface area contributed by atoms with E-state index in [4.69, 9.17) is 5.11 Å². The lowest BCUT2D eigenvalue weighted by Crippen LogP contribution is -2.16. The number of benzene rings is 2. The molecule has 106 valence electrons. The third-order valence-electron chi connectivity index (χ3n) is 3.43. The Hall–Kier alpha value is -2.47. The largest absolute Gasteiger partial charge is 0.478 e. The van der Waals surface area contributed by atoms with Crippen LogP contribution in [0.2, 0.25) is 0 Å². The topological polar surface area (TPSA) is 91.7 Å². The maximum absolute atomic E-state index is 12.6. The normalized spacial score (nSPS) is 15.9. The Morgan fingerprint density at radius 1 is 1.00 bits per heavy atom. The highest BCUT2D eigenvalue weighted by Crippen LogP contribution is 2.34. The summed E-state index contributed by atoms with van der Waals surface area (Å²) in [5.74, 6) is -2.46. The first-order valence-electron chi connectivity index (χ1n) is 6.12. The number of fused-ring (bicyclic) bond motifs is 2. The highest BCUT2D eigenvalue weighted by atomic mass is 32.2. The predicted molar refractivity (Wildman–Crippen MR) is 74.3 cm³/mol. The number of rotatable bonds is 2. The van der Waals surface area contributed by atoms with Crippen LogP contribution < -0.4 is 0 Å². The van der Waals surface area contributed by atoms with E-state index in [0.29, 0.717) is 16.9 Å². The molecule has 0 saturated heterocycles. The predicted octanol–water partition coefficient (Wildman–Crippen LogP) is 2.15. The van der Waals surface area contributed by atoms with Crippen molar-refractivity contribution in [1.82, 2.24) is 0 Å². The summed E-state index contributed by atoms with van der Waals surface area (Å²) in [5, 5.41) is 18.4. The zero-order valence-corrected chi connectivity index (χ0v) is 11.5. The first-order chi connectivity index (χ1) is 9.99. The molecule has 1 aliphatic rings. The number of carboxylic acids is 2. The van der Waals surface area contributed by atoms with Crippen LogP contribution in [0.3, 0.4) is 0 Å². The van der Waals surface area contributed by atoms with E-state index in [1.54, 1.807) is 24.3 Å². The molecule has 0 fully saturated rings. The van der Waals surface area contributed by atoms with Crippen LogP contribution >= 0.6 is 0 Å². The first kappa shape index (κ1) is 13.5. The van der Waals surface area contributed by atoms with E-state index in [1.807, 2.05) is 0 Å². The monoisotopic (exact) mass is 302 g/mol. The quantitative estimate of drug-likeness (QED) is 0.757. The van der Waals surface area contributed by atoms with Crippen molar-refractivity contribution in [2.24, 2.45) is 0 Å². The Balaban J connectivity index is 2.29. The van der Waals surface area contributed by atoms with Gasteiger partial charge in [-0.1, -0.05) is 18.2 Å². The fourth-order valence-corrected chi connectivity index (χ4v) is 3.90. The molecule has 0 aliphatic carbocycles. The number of hydrogen-bond donors (Lipinski definition) is 2. The van der Waals surface area contributed by atoms with Gasteiger partial charge in [0.1, 0.15) is 0 Å². The van der Waals surface area contributed by atoms with Crippen LogP contribution in [0, 0.1) is 0 Å². The van der Waals surface area contributed by atoms with E-state index < -0.39 is 22.7 Å². The Bertz CT molecular complexity index is 810. The molecule has 2 N–H and O–H groups in total. The highest BCUT2D eigenvalue weighted by Gasteiger charge is 2.27. The number of carbonyl (C=O) groups is 2. The van der Waals surface area contributed by atoms with Gasteiger partial charge in [-0.2, -0.15) is 0 Å². The van der Waals surface area contributed by atoms with Crippen LogP contribution in [0.25, 0.3) is 0 Å². The van der Waals surface area contributed by atoms with E-state index in [9.17, 15) is 18.9 Å². The van der Waals surface area contributed by atoms with Crippen molar-refractivity contribution in [3.05, 3.63) is 58.7 Å². The standard InChI is InChI=1S/C15H10O5S/c16-14(17)9-6-11(15(18)19)10-5-8-3-1-2-4-12(8)21(20)13(10)7-9/h1-4,6-7H,5H2,(H,16,17)(H,18,19). The zero-order chi connectivity index (χ0) is 15.1. The minimum Gasteiger partial charge on any atom is -0.478 e. The molecule has 0 amide bonds. The summed E-state index contributed by atoms with van der Waals surface area (Å²) in [6.45, 7) is 0. The molecule has 1 unspecified atom stereocenters. The van der Waals surface area contributed by atoms with Crippen LogP contribution in [0.15, 0.2) is 46.2 Å². The van der Waals surface area contributed by atoms with Gasteiger partial charge in [0.2, 0.25) is 0 Å². The van der Waals surface area contributed by atoms with Gasteiger partial charge in [-0.15, -0.1) is 0 Å². The van der Waals surface area contributed by atoms with Gasteiger partial charge in [0, 0.05) is 16.2 Å². The number of carboxylic acid groups (broad SMARTS) is 2. The molecule has 6 heteroatoms. The van der Waals surface area contributed by atoms with Gasteiger partial charge >= 0.3 is 11.9 Å². The van der Waals surface area contributed by atoms with Crippen molar-refractivity contribution in [1.29, 1.82) is 0 Å². The summed E-state index contributed by atoms with van der Waals surface area (Å²) in [6, 6.07) is 9.48. The summed E-state index contributed by atoms with van der Waals surface area (Å²) in [6.07, 6.45) is 0.332. The molecule has 3 rings (SSSR count). The molecule has 21 heavy (non-hydrogen) atoms. The van der Waals surface area contributed by atoms with E-state index in [0.717, 1.165) is 11.6 Å². The molecule has 2 aromatic rings. The number of aromatic carboxylic acids is 2. The van der Waals surface area contributed by atoms with E-state index >= 15 is 0 Å². The summed E-state index contributed by atoms with van der Waals surface area (Å²) in [5.41, 5.74) is 0.949. The molecule has 1 heterocycles. The highest BCUT2D eigenvalue weighted by molar-refractivity contribution is 7.85. The third-order valence-corrected chi connectivity index (χ3v) is 4.99. The summed E-state index contributed by atoms with van der Waals surface area (Å²) >= 11 is 0. The van der Waals surface area contributed by atoms with Crippen molar-refractivity contribution in [3.63, 3.8) is 0 Å². The summed E-state index contributed by atoms with van der Waals surface area (Å²) in [7, 11) is -1.57. The van der Waals surface area contributed by atoms with Crippen LogP contribution in [0.4, 0.5) is 0 Å². The molecule has 0 aromatic heterocycles. The fraction of sp³-hybridized carbons (Fsp3) is 0.0667. The summed E-state index contributed by atoms with van der Waals surface area (Å²) in [4.78, 5) is 23.4. The van der Waals surface area contributed by atoms with Crippen LogP contribution in [0.1, 0.15) is 31.8 Å². The molecule has 0 bridgehead atoms. The molecule has 0 radical (unpaired) electrons. The Morgan fingerprint density at radius 2 is 1.71 bits per heavy atom. The molecular formula is C15H10O5S. The van der Waals surface area contributed by atoms with Gasteiger partial charge in [-0.3, -0.25) is 0 Å². The van der Waals surface area contributed by atoms with Crippen molar-refractivity contribution < 1.29 is 24.0 Å². The number of hydrogen-bond acceptors (Lipinski definition) is 3. The third kappa shape index (κ3) is 2.13. The minimum absolute atomic E-state index is 0.104. The lowest BCUT2D eigenvalue weighted by molar-refractivity contribution is 0.0695. The maximum Gasteiger partial charge on any atom is 0.336 e. The van der Waals surface area contributed by atoms with Gasteiger partial charge in [0.15, 0.2) is 0 Å². The van der Waals surface area contributed by atoms with E-state index in [-0.39, 0.29) is 16.0 Å². The van der Waals surface area contributed by atoms with Gasteiger partial charge in [-0.05, 0) is 29.3 Å². The molecule has 2 aromatic carbocycles. The molecular weight excluding hydrogens is 292 g/mol. The second-order valence-corrected chi connectivity index (χ2v) is 6.08. The second kappa shape index (κ2) is 4.82. The second-order valence-electron chi connectivity index (χ2n) is 4.66. The molecule has 5 nitrogen and oxygen atoms in total. The van der Waals surface area contributed by atoms with Gasteiger partial charge < -0.3 is 10.2 Å². The molecule has 1 aliphatic heterocycles. The van der Waals surface area contributed by atoms with E-state index in [1.165, 1.54) is 6.07 Å². The van der Waals surface area contributed by atoms with Gasteiger partial charge in [0.25, 0.3) is 0 Å². The van der Waals surface area contributed by atoms with Crippen molar-refractivity contribution >= 4 is 22.7 Å². The first-order valence-corrected chi connectivity index (χ1v) is 7.27. The minimum atomic E-state index is -1.57. The average molecular weight is 302 g/mol. The Morgan fingerprint density at radius 3 is 2.38 bits per heavy atom. The van der Waals surface area contributed by atoms with Crippen molar-refractivity contribution in [3.8, 4) is 0 Å². The van der Waals surface area contributed by atoms with Crippen molar-refractivity contribution in [2.75, 3.05) is 0 Å². The van der Waals surface area contributed by atoms with Gasteiger partial charge in [0.05, 0.1) is 21.9 Å². The summed E-state index contributed by atoms with van der Waals surface area (Å²) < 4.78 is 12.6.